The highest BCUT2D eigenvalue weighted by molar-refractivity contribution is 7.99. The summed E-state index contributed by atoms with van der Waals surface area (Å²) < 4.78 is 4.73. The molecule has 9 heteroatoms. The highest BCUT2D eigenvalue weighted by atomic mass is 32.2. The molecule has 3 amide bonds. The normalized spacial score (nSPS) is 15.3. The van der Waals surface area contributed by atoms with Crippen molar-refractivity contribution in [3.8, 4) is 11.1 Å². The Morgan fingerprint density at radius 2 is 1.74 bits per heavy atom. The molecule has 0 radical (unpaired) electrons. The number of nitrogens with two attached hydrogens (primary N) is 1. The number of thioether (sulfide) groups is 1. The molecule has 0 aliphatic carbocycles. The second-order valence-corrected chi connectivity index (χ2v) is 10.9. The van der Waals surface area contributed by atoms with Gasteiger partial charge in [0.2, 0.25) is 5.91 Å². The van der Waals surface area contributed by atoms with Crippen LogP contribution in [0.15, 0.2) is 77.7 Å². The van der Waals surface area contributed by atoms with E-state index in [2.05, 4.69) is 10.6 Å². The molecule has 0 fully saturated rings. The maximum Gasteiger partial charge on any atom is 0.411 e. The summed E-state index contributed by atoms with van der Waals surface area (Å²) >= 11 is 1.55. The van der Waals surface area contributed by atoms with Crippen LogP contribution in [0.2, 0.25) is 0 Å². The lowest BCUT2D eigenvalue weighted by Gasteiger charge is -2.27. The summed E-state index contributed by atoms with van der Waals surface area (Å²) in [5.74, 6) is 0.0275. The Labute approximate surface area is 226 Å². The second-order valence-electron chi connectivity index (χ2n) is 9.85. The molecule has 1 heterocycles. The number of nitrogens with zero attached hydrogens (tertiary/aromatic N) is 1. The van der Waals surface area contributed by atoms with Crippen molar-refractivity contribution >= 4 is 41.0 Å². The first kappa shape index (κ1) is 27.2. The number of para-hydroxylation sites is 2. The zero-order chi connectivity index (χ0) is 27.3. The number of amides is 3. The van der Waals surface area contributed by atoms with Crippen LogP contribution in [0.3, 0.4) is 0 Å². The van der Waals surface area contributed by atoms with Gasteiger partial charge < -0.3 is 20.7 Å². The molecule has 0 unspecified atom stereocenters. The molecule has 3 aromatic carbocycles. The summed E-state index contributed by atoms with van der Waals surface area (Å²) in [6, 6.07) is 22.4. The molecule has 0 spiro atoms. The largest absolute Gasteiger partial charge is 0.453 e. The zero-order valence-corrected chi connectivity index (χ0v) is 22.5. The summed E-state index contributed by atoms with van der Waals surface area (Å²) in [5.41, 5.74) is 9.49. The van der Waals surface area contributed by atoms with Gasteiger partial charge in [-0.05, 0) is 43.2 Å². The van der Waals surface area contributed by atoms with Crippen molar-refractivity contribution in [2.24, 2.45) is 5.73 Å². The Kier molecular flexibility index (Phi) is 8.38. The molecule has 4 N–H and O–H groups in total. The number of ether oxygens (including phenoxy) is 1. The van der Waals surface area contributed by atoms with Crippen molar-refractivity contribution in [2.75, 3.05) is 23.1 Å². The maximum atomic E-state index is 13.7. The Balaban J connectivity index is 1.57. The van der Waals surface area contributed by atoms with E-state index in [0.29, 0.717) is 18.0 Å². The number of carbonyl (C=O) groups is 3. The lowest BCUT2D eigenvalue weighted by molar-refractivity contribution is -0.127. The van der Waals surface area contributed by atoms with E-state index in [-0.39, 0.29) is 18.2 Å². The summed E-state index contributed by atoms with van der Waals surface area (Å²) in [5, 5.41) is 5.64. The van der Waals surface area contributed by atoms with E-state index in [9.17, 15) is 14.4 Å². The third-order valence-electron chi connectivity index (χ3n) is 6.03. The number of benzene rings is 3. The molecular formula is C29H32N4O4S. The third kappa shape index (κ3) is 6.73. The van der Waals surface area contributed by atoms with Gasteiger partial charge in [-0.3, -0.25) is 14.9 Å². The number of hydrogen-bond acceptors (Lipinski definition) is 6. The Morgan fingerprint density at radius 3 is 2.45 bits per heavy atom. The van der Waals surface area contributed by atoms with Crippen molar-refractivity contribution in [3.63, 3.8) is 0 Å². The van der Waals surface area contributed by atoms with Crippen molar-refractivity contribution in [1.82, 2.24) is 5.32 Å². The first-order valence-corrected chi connectivity index (χ1v) is 13.3. The van der Waals surface area contributed by atoms with Crippen LogP contribution in [0, 0.1) is 0 Å². The molecular weight excluding hydrogens is 500 g/mol. The van der Waals surface area contributed by atoms with E-state index in [4.69, 9.17) is 10.5 Å². The smallest absolute Gasteiger partial charge is 0.411 e. The van der Waals surface area contributed by atoms with Crippen LogP contribution < -0.4 is 21.3 Å². The molecule has 38 heavy (non-hydrogen) atoms. The van der Waals surface area contributed by atoms with Crippen molar-refractivity contribution in [1.29, 1.82) is 0 Å². The Hall–Kier alpha value is -3.82. The highest BCUT2D eigenvalue weighted by Crippen LogP contribution is 2.35. The minimum Gasteiger partial charge on any atom is -0.453 e. The summed E-state index contributed by atoms with van der Waals surface area (Å²) in [6.45, 7) is 3.91. The molecule has 198 valence electrons. The summed E-state index contributed by atoms with van der Waals surface area (Å²) in [6.07, 6.45) is -0.413. The average Bonchev–Trinajstić information content (AvgIpc) is 3.01. The Bertz CT molecular complexity index is 1320. The zero-order valence-electron chi connectivity index (χ0n) is 21.7. The molecule has 1 aliphatic heterocycles. The van der Waals surface area contributed by atoms with E-state index < -0.39 is 17.7 Å². The molecule has 1 atom stereocenters. The van der Waals surface area contributed by atoms with Gasteiger partial charge in [0, 0.05) is 28.2 Å². The predicted octanol–water partition coefficient (Wildman–Crippen LogP) is 4.78. The fourth-order valence-corrected chi connectivity index (χ4v) is 5.33. The maximum absolute atomic E-state index is 13.7. The van der Waals surface area contributed by atoms with E-state index in [0.717, 1.165) is 27.3 Å². The number of anilines is 2. The van der Waals surface area contributed by atoms with Crippen LogP contribution in [-0.2, 0) is 20.9 Å². The van der Waals surface area contributed by atoms with Gasteiger partial charge in [0.15, 0.2) is 0 Å². The van der Waals surface area contributed by atoms with Crippen LogP contribution in [0.25, 0.3) is 11.1 Å². The first-order chi connectivity index (χ1) is 18.1. The van der Waals surface area contributed by atoms with Gasteiger partial charge in [0.1, 0.15) is 6.04 Å². The van der Waals surface area contributed by atoms with Crippen LogP contribution in [0.4, 0.5) is 16.2 Å². The van der Waals surface area contributed by atoms with E-state index in [1.807, 2.05) is 72.8 Å². The Morgan fingerprint density at radius 1 is 1.05 bits per heavy atom. The molecule has 0 saturated carbocycles. The number of hydrogen-bond donors (Lipinski definition) is 3. The van der Waals surface area contributed by atoms with Gasteiger partial charge >= 0.3 is 6.09 Å². The molecule has 8 nitrogen and oxygen atoms in total. The lowest BCUT2D eigenvalue weighted by Crippen LogP contribution is -2.51. The van der Waals surface area contributed by atoms with Crippen LogP contribution in [0.1, 0.15) is 25.8 Å². The fourth-order valence-electron chi connectivity index (χ4n) is 4.26. The van der Waals surface area contributed by atoms with Crippen molar-refractivity contribution in [2.45, 2.75) is 43.3 Å². The molecule has 1 aliphatic rings. The molecule has 3 aromatic rings. The van der Waals surface area contributed by atoms with Gasteiger partial charge in [0.05, 0.1) is 25.0 Å². The number of nitrogens with one attached hydrogen (secondary N) is 2. The second kappa shape index (κ2) is 11.7. The minimum absolute atomic E-state index is 0.127. The van der Waals surface area contributed by atoms with Crippen LogP contribution >= 0.6 is 11.8 Å². The number of rotatable bonds is 7. The SMILES string of the molecule is COC(=O)Nc1ccccc1-c1ccc(CN2C(=O)[C@H](NC(=O)CC(C)(C)N)CSc3ccccc32)cc1. The number of methoxy groups -OCH3 is 1. The van der Waals surface area contributed by atoms with Gasteiger partial charge in [-0.1, -0.05) is 54.6 Å². The van der Waals surface area contributed by atoms with E-state index in [1.54, 1.807) is 30.5 Å². The third-order valence-corrected chi connectivity index (χ3v) is 7.19. The fraction of sp³-hybridized carbons (Fsp3) is 0.276. The topological polar surface area (TPSA) is 114 Å². The van der Waals surface area contributed by atoms with Crippen molar-refractivity contribution in [3.05, 3.63) is 78.4 Å². The van der Waals surface area contributed by atoms with E-state index in [1.165, 1.54) is 7.11 Å². The molecule has 0 aromatic heterocycles. The summed E-state index contributed by atoms with van der Waals surface area (Å²) in [7, 11) is 1.32. The number of fused-ring (bicyclic) bond motifs is 1. The van der Waals surface area contributed by atoms with Gasteiger partial charge in [-0.2, -0.15) is 0 Å². The van der Waals surface area contributed by atoms with Crippen LogP contribution in [-0.4, -0.2) is 42.4 Å². The van der Waals surface area contributed by atoms with Crippen LogP contribution in [0.5, 0.6) is 0 Å². The average molecular weight is 533 g/mol. The monoisotopic (exact) mass is 532 g/mol. The van der Waals surface area contributed by atoms with E-state index >= 15 is 0 Å². The van der Waals surface area contributed by atoms with Gasteiger partial charge in [-0.15, -0.1) is 11.8 Å². The molecule has 0 saturated heterocycles. The quantitative estimate of drug-likeness (QED) is 0.404. The number of carbonyl (C=O) groups excluding carboxylic acids is 3. The van der Waals surface area contributed by atoms with Gasteiger partial charge in [0.25, 0.3) is 5.91 Å². The highest BCUT2D eigenvalue weighted by Gasteiger charge is 2.32. The minimum atomic E-state index is -0.669. The molecule has 4 rings (SSSR count). The van der Waals surface area contributed by atoms with Gasteiger partial charge in [-0.25, -0.2) is 4.79 Å². The van der Waals surface area contributed by atoms with Crippen molar-refractivity contribution < 1.29 is 19.1 Å². The predicted molar refractivity (Wildman–Crippen MR) is 151 cm³/mol. The lowest BCUT2D eigenvalue weighted by atomic mass is 10.0. The first-order valence-electron chi connectivity index (χ1n) is 12.3. The standard InChI is InChI=1S/C29H32N4O4S/c1-29(2,30)16-26(34)31-23-18-38-25-11-7-6-10-24(25)33(27(23)35)17-19-12-14-20(15-13-19)21-8-4-5-9-22(21)32-28(36)37-3/h4-15,23H,16-18,30H2,1-3H3,(H,31,34)(H,32,36)/t23-/m1/s1. The molecule has 0 bridgehead atoms. The summed E-state index contributed by atoms with van der Waals surface area (Å²) in [4.78, 5) is 40.8.